The van der Waals surface area contributed by atoms with E-state index in [4.69, 9.17) is 9.47 Å². The maximum Gasteiger partial charge on any atom is 0.228 e. The molecule has 0 bridgehead atoms. The lowest BCUT2D eigenvalue weighted by Crippen LogP contribution is -2.15. The average molecular weight is 362 g/mol. The van der Waals surface area contributed by atoms with Crippen molar-refractivity contribution in [3.05, 3.63) is 59.8 Å². The lowest BCUT2D eigenvalue weighted by molar-refractivity contribution is -0.115. The summed E-state index contributed by atoms with van der Waals surface area (Å²) >= 11 is 0. The molecule has 2 aromatic carbocycles. The normalized spacial score (nSPS) is 15.3. The van der Waals surface area contributed by atoms with Gasteiger partial charge in [-0.15, -0.1) is 0 Å². The molecular weight excluding hydrogens is 340 g/mol. The average Bonchev–Trinajstić information content (AvgIpc) is 3.01. The number of para-hydroxylation sites is 1. The van der Waals surface area contributed by atoms with Crippen molar-refractivity contribution in [3.63, 3.8) is 0 Å². The summed E-state index contributed by atoms with van der Waals surface area (Å²) in [6, 6.07) is 13.6. The summed E-state index contributed by atoms with van der Waals surface area (Å²) in [6.07, 6.45) is 2.98. The van der Waals surface area contributed by atoms with Crippen molar-refractivity contribution in [2.75, 3.05) is 11.9 Å². The number of pyridine rings is 1. The monoisotopic (exact) mass is 362 g/mol. The number of hydrogen-bond donors (Lipinski definition) is 1. The van der Waals surface area contributed by atoms with E-state index < -0.39 is 0 Å². The van der Waals surface area contributed by atoms with Gasteiger partial charge in [-0.3, -0.25) is 9.78 Å². The van der Waals surface area contributed by atoms with Crippen LogP contribution in [0.5, 0.6) is 11.5 Å². The van der Waals surface area contributed by atoms with Crippen molar-refractivity contribution < 1.29 is 14.3 Å². The number of hydrogen-bond acceptors (Lipinski definition) is 4. The van der Waals surface area contributed by atoms with Crippen LogP contribution in [-0.4, -0.2) is 23.6 Å². The fraction of sp³-hybridized carbons (Fsp3) is 0.273. The Kier molecular flexibility index (Phi) is 4.67. The minimum atomic E-state index is -0.111. The third-order valence-corrected chi connectivity index (χ3v) is 4.64. The van der Waals surface area contributed by atoms with Gasteiger partial charge in [-0.05, 0) is 31.5 Å². The molecule has 1 N–H and O–H groups in total. The van der Waals surface area contributed by atoms with Crippen LogP contribution >= 0.6 is 0 Å². The van der Waals surface area contributed by atoms with E-state index in [9.17, 15) is 4.79 Å². The van der Waals surface area contributed by atoms with Crippen LogP contribution in [0.25, 0.3) is 10.9 Å². The zero-order chi connectivity index (χ0) is 18.8. The van der Waals surface area contributed by atoms with Crippen LogP contribution in [-0.2, 0) is 17.6 Å². The van der Waals surface area contributed by atoms with Crippen molar-refractivity contribution >= 4 is 22.5 Å². The molecule has 0 aliphatic carbocycles. The van der Waals surface area contributed by atoms with Gasteiger partial charge in [-0.2, -0.15) is 0 Å². The molecule has 1 aliphatic rings. The van der Waals surface area contributed by atoms with Gasteiger partial charge in [0.2, 0.25) is 5.91 Å². The molecular formula is C22H22N2O3. The number of aromatic nitrogens is 1. The van der Waals surface area contributed by atoms with Gasteiger partial charge in [0, 0.05) is 29.6 Å². The van der Waals surface area contributed by atoms with E-state index in [0.717, 1.165) is 34.2 Å². The smallest absolute Gasteiger partial charge is 0.228 e. The fourth-order valence-electron chi connectivity index (χ4n) is 3.49. The molecule has 1 aromatic heterocycles. The first-order chi connectivity index (χ1) is 13.1. The summed E-state index contributed by atoms with van der Waals surface area (Å²) < 4.78 is 11.6. The Bertz CT molecular complexity index is 995. The van der Waals surface area contributed by atoms with Crippen LogP contribution in [0, 0.1) is 0 Å². The highest BCUT2D eigenvalue weighted by molar-refractivity contribution is 5.96. The minimum Gasteiger partial charge on any atom is -0.492 e. The predicted molar refractivity (Wildman–Crippen MR) is 105 cm³/mol. The SMILES string of the molecule is CCOc1cc2c(cc1NC(=O)Cc1cccc3cccnc13)OC(C)C2. The van der Waals surface area contributed by atoms with Crippen molar-refractivity contribution in [2.45, 2.75) is 32.8 Å². The van der Waals surface area contributed by atoms with Gasteiger partial charge in [0.05, 0.1) is 24.2 Å². The van der Waals surface area contributed by atoms with Gasteiger partial charge < -0.3 is 14.8 Å². The first-order valence-electron chi connectivity index (χ1n) is 9.23. The van der Waals surface area contributed by atoms with Gasteiger partial charge in [0.25, 0.3) is 0 Å². The van der Waals surface area contributed by atoms with Crippen molar-refractivity contribution in [1.82, 2.24) is 4.98 Å². The third-order valence-electron chi connectivity index (χ3n) is 4.64. The zero-order valence-corrected chi connectivity index (χ0v) is 15.5. The van der Waals surface area contributed by atoms with E-state index in [1.807, 2.05) is 56.3 Å². The fourth-order valence-corrected chi connectivity index (χ4v) is 3.49. The van der Waals surface area contributed by atoms with Crippen LogP contribution in [0.3, 0.4) is 0 Å². The number of nitrogens with one attached hydrogen (secondary N) is 1. The Morgan fingerprint density at radius 2 is 2.15 bits per heavy atom. The summed E-state index contributed by atoms with van der Waals surface area (Å²) in [5, 5.41) is 4.01. The number of anilines is 1. The van der Waals surface area contributed by atoms with E-state index in [2.05, 4.69) is 10.3 Å². The highest BCUT2D eigenvalue weighted by Crippen LogP contribution is 2.38. The van der Waals surface area contributed by atoms with Gasteiger partial charge >= 0.3 is 0 Å². The molecule has 5 heteroatoms. The second-order valence-electron chi connectivity index (χ2n) is 6.74. The second kappa shape index (κ2) is 7.27. The Morgan fingerprint density at radius 1 is 1.30 bits per heavy atom. The molecule has 1 amide bonds. The third kappa shape index (κ3) is 3.58. The Balaban J connectivity index is 1.58. The standard InChI is InChI=1S/C22H22N2O3/c1-3-26-20-11-17-10-14(2)27-19(17)13-18(20)24-21(25)12-16-7-4-6-15-8-5-9-23-22(15)16/h4-9,11,13-14H,3,10,12H2,1-2H3,(H,24,25). The molecule has 3 aromatic rings. The van der Waals surface area contributed by atoms with Crippen LogP contribution < -0.4 is 14.8 Å². The van der Waals surface area contributed by atoms with Gasteiger partial charge in [-0.25, -0.2) is 0 Å². The first kappa shape index (κ1) is 17.3. The summed E-state index contributed by atoms with van der Waals surface area (Å²) in [5.41, 5.74) is 3.51. The number of carbonyl (C=O) groups excluding carboxylic acids is 1. The van der Waals surface area contributed by atoms with E-state index >= 15 is 0 Å². The molecule has 0 radical (unpaired) electrons. The predicted octanol–water partition coefficient (Wildman–Crippen LogP) is 4.14. The molecule has 0 saturated heterocycles. The molecule has 0 saturated carbocycles. The highest BCUT2D eigenvalue weighted by atomic mass is 16.5. The molecule has 27 heavy (non-hydrogen) atoms. The van der Waals surface area contributed by atoms with E-state index in [1.54, 1.807) is 6.20 Å². The number of carbonyl (C=O) groups is 1. The summed E-state index contributed by atoms with van der Waals surface area (Å²) in [7, 11) is 0. The Morgan fingerprint density at radius 3 is 3.00 bits per heavy atom. The van der Waals surface area contributed by atoms with Crippen LogP contribution in [0.2, 0.25) is 0 Å². The summed E-state index contributed by atoms with van der Waals surface area (Å²) in [5.74, 6) is 1.38. The number of fused-ring (bicyclic) bond motifs is 2. The molecule has 1 aliphatic heterocycles. The topological polar surface area (TPSA) is 60.5 Å². The molecule has 138 valence electrons. The number of ether oxygens (including phenoxy) is 2. The number of amides is 1. The van der Waals surface area contributed by atoms with Gasteiger partial charge in [0.15, 0.2) is 0 Å². The van der Waals surface area contributed by atoms with E-state index in [1.165, 1.54) is 0 Å². The van der Waals surface area contributed by atoms with Crippen molar-refractivity contribution in [3.8, 4) is 11.5 Å². The Hall–Kier alpha value is -3.08. The largest absolute Gasteiger partial charge is 0.492 e. The molecule has 5 nitrogen and oxygen atoms in total. The van der Waals surface area contributed by atoms with Crippen molar-refractivity contribution in [1.29, 1.82) is 0 Å². The van der Waals surface area contributed by atoms with E-state index in [0.29, 0.717) is 18.0 Å². The molecule has 4 rings (SSSR count). The zero-order valence-electron chi connectivity index (χ0n) is 15.5. The molecule has 1 unspecified atom stereocenters. The first-order valence-corrected chi connectivity index (χ1v) is 9.23. The Labute approximate surface area is 158 Å². The number of benzene rings is 2. The van der Waals surface area contributed by atoms with Crippen LogP contribution in [0.4, 0.5) is 5.69 Å². The second-order valence-corrected chi connectivity index (χ2v) is 6.74. The maximum absolute atomic E-state index is 12.7. The summed E-state index contributed by atoms with van der Waals surface area (Å²) in [6.45, 7) is 4.50. The summed E-state index contributed by atoms with van der Waals surface area (Å²) in [4.78, 5) is 17.1. The highest BCUT2D eigenvalue weighted by Gasteiger charge is 2.22. The molecule has 0 fully saturated rings. The van der Waals surface area contributed by atoms with Crippen LogP contribution in [0.1, 0.15) is 25.0 Å². The molecule has 0 spiro atoms. The van der Waals surface area contributed by atoms with Gasteiger partial charge in [0.1, 0.15) is 17.6 Å². The lowest BCUT2D eigenvalue weighted by Gasteiger charge is -2.14. The quantitative estimate of drug-likeness (QED) is 0.741. The van der Waals surface area contributed by atoms with Gasteiger partial charge in [-0.1, -0.05) is 24.3 Å². The lowest BCUT2D eigenvalue weighted by atomic mass is 10.1. The van der Waals surface area contributed by atoms with Crippen molar-refractivity contribution in [2.24, 2.45) is 0 Å². The minimum absolute atomic E-state index is 0.111. The van der Waals surface area contributed by atoms with E-state index in [-0.39, 0.29) is 18.4 Å². The molecule has 2 heterocycles. The maximum atomic E-state index is 12.7. The number of nitrogens with zero attached hydrogens (tertiary/aromatic N) is 1. The molecule has 1 atom stereocenters. The number of rotatable bonds is 5. The van der Waals surface area contributed by atoms with Crippen LogP contribution in [0.15, 0.2) is 48.7 Å².